The predicted molar refractivity (Wildman–Crippen MR) is 81.9 cm³/mol. The molecule has 0 saturated carbocycles. The highest BCUT2D eigenvalue weighted by molar-refractivity contribution is 7.92. The molecular weight excluding hydrogens is 288 g/mol. The van der Waals surface area contributed by atoms with Crippen LogP contribution in [0.4, 0.5) is 0 Å². The van der Waals surface area contributed by atoms with Gasteiger partial charge in [-0.2, -0.15) is 0 Å². The normalized spacial score (nSPS) is 19.8. The highest BCUT2D eigenvalue weighted by atomic mass is 32.2. The van der Waals surface area contributed by atoms with Crippen molar-refractivity contribution < 1.29 is 13.2 Å². The van der Waals surface area contributed by atoms with Gasteiger partial charge in [0.05, 0.1) is 10.1 Å². The van der Waals surface area contributed by atoms with Crippen LogP contribution in [-0.2, 0) is 9.84 Å². The van der Waals surface area contributed by atoms with Gasteiger partial charge < -0.3 is 10.6 Å². The molecule has 1 aliphatic heterocycles. The van der Waals surface area contributed by atoms with Gasteiger partial charge in [-0.1, -0.05) is 0 Å². The summed E-state index contributed by atoms with van der Waals surface area (Å²) in [5.74, 6) is -0.0846. The summed E-state index contributed by atoms with van der Waals surface area (Å²) in [6.07, 6.45) is 1.85. The molecule has 0 aromatic heterocycles. The fraction of sp³-hybridized carbons (Fsp3) is 0.533. The van der Waals surface area contributed by atoms with Crippen molar-refractivity contribution in [2.45, 2.75) is 42.9 Å². The Morgan fingerprint density at radius 3 is 2.43 bits per heavy atom. The summed E-state index contributed by atoms with van der Waals surface area (Å²) in [6.45, 7) is 4.55. The van der Waals surface area contributed by atoms with Gasteiger partial charge in [-0.25, -0.2) is 8.42 Å². The summed E-state index contributed by atoms with van der Waals surface area (Å²) in [5, 5.41) is -0.473. The zero-order valence-corrected chi connectivity index (χ0v) is 13.3. The Morgan fingerprint density at radius 1 is 1.29 bits per heavy atom. The van der Waals surface area contributed by atoms with Crippen molar-refractivity contribution in [3.63, 3.8) is 0 Å². The third kappa shape index (κ3) is 3.44. The van der Waals surface area contributed by atoms with Crippen molar-refractivity contribution >= 4 is 15.7 Å². The molecule has 0 aliphatic carbocycles. The number of nitrogens with two attached hydrogens (primary N) is 1. The average molecular weight is 310 g/mol. The Morgan fingerprint density at radius 2 is 1.90 bits per heavy atom. The summed E-state index contributed by atoms with van der Waals surface area (Å²) in [4.78, 5) is 14.4. The lowest BCUT2D eigenvalue weighted by Crippen LogP contribution is -2.45. The molecular formula is C15H22N2O3S. The molecule has 2 N–H and O–H groups in total. The third-order valence-corrected chi connectivity index (χ3v) is 5.97. The Bertz CT molecular complexity index is 608. The van der Waals surface area contributed by atoms with E-state index in [1.807, 2.05) is 0 Å². The molecule has 6 heteroatoms. The smallest absolute Gasteiger partial charge is 0.253 e. The number of nitrogens with zero attached hydrogens (tertiary/aromatic N) is 1. The van der Waals surface area contributed by atoms with Crippen molar-refractivity contribution in [2.24, 2.45) is 5.73 Å². The summed E-state index contributed by atoms with van der Waals surface area (Å²) < 4.78 is 24.1. The molecule has 1 fully saturated rings. The quantitative estimate of drug-likeness (QED) is 0.916. The van der Waals surface area contributed by atoms with Crippen LogP contribution in [0.3, 0.4) is 0 Å². The summed E-state index contributed by atoms with van der Waals surface area (Å²) in [5.41, 5.74) is 6.39. The van der Waals surface area contributed by atoms with Crippen LogP contribution >= 0.6 is 0 Å². The molecule has 1 amide bonds. The van der Waals surface area contributed by atoms with Crippen LogP contribution in [0.5, 0.6) is 0 Å². The number of rotatable bonds is 3. The molecule has 2 rings (SSSR count). The Balaban J connectivity index is 2.17. The number of likely N-dealkylation sites (tertiary alicyclic amines) is 1. The fourth-order valence-electron chi connectivity index (χ4n) is 2.44. The first kappa shape index (κ1) is 16.0. The predicted octanol–water partition coefficient (Wildman–Crippen LogP) is 1.43. The van der Waals surface area contributed by atoms with Crippen LogP contribution in [-0.4, -0.2) is 43.6 Å². The average Bonchev–Trinajstić information content (AvgIpc) is 2.46. The van der Waals surface area contributed by atoms with Crippen molar-refractivity contribution in [1.82, 2.24) is 4.90 Å². The van der Waals surface area contributed by atoms with Crippen LogP contribution in [0.2, 0.25) is 0 Å². The van der Waals surface area contributed by atoms with E-state index >= 15 is 0 Å². The lowest BCUT2D eigenvalue weighted by Gasteiger charge is -2.30. The molecule has 0 bridgehead atoms. The maximum atomic E-state index is 12.4. The van der Waals surface area contributed by atoms with E-state index in [1.54, 1.807) is 30.9 Å². The number of carbonyl (C=O) groups excluding carboxylic acids is 1. The molecule has 116 valence electrons. The molecule has 0 spiro atoms. The lowest BCUT2D eigenvalue weighted by molar-refractivity contribution is 0.0708. The van der Waals surface area contributed by atoms with Crippen LogP contribution in [0.1, 0.15) is 37.0 Å². The lowest BCUT2D eigenvalue weighted by atomic mass is 10.1. The molecule has 1 aromatic rings. The second-order valence-corrected chi connectivity index (χ2v) is 8.28. The zero-order valence-electron chi connectivity index (χ0n) is 12.5. The van der Waals surface area contributed by atoms with Crippen LogP contribution in [0.25, 0.3) is 0 Å². The van der Waals surface area contributed by atoms with Crippen LogP contribution in [0.15, 0.2) is 29.2 Å². The van der Waals surface area contributed by atoms with E-state index in [9.17, 15) is 13.2 Å². The van der Waals surface area contributed by atoms with Gasteiger partial charge >= 0.3 is 0 Å². The molecule has 0 radical (unpaired) electrons. The van der Waals surface area contributed by atoms with Crippen molar-refractivity contribution in [3.05, 3.63) is 29.8 Å². The molecule has 1 aliphatic rings. The molecule has 1 aromatic carbocycles. The second-order valence-electron chi connectivity index (χ2n) is 5.77. The van der Waals surface area contributed by atoms with E-state index in [2.05, 4.69) is 0 Å². The van der Waals surface area contributed by atoms with E-state index in [0.29, 0.717) is 18.7 Å². The van der Waals surface area contributed by atoms with Crippen molar-refractivity contribution in [2.75, 3.05) is 13.1 Å². The van der Waals surface area contributed by atoms with Crippen molar-refractivity contribution in [1.29, 1.82) is 0 Å². The molecule has 1 heterocycles. The van der Waals surface area contributed by atoms with E-state index in [4.69, 9.17) is 5.73 Å². The number of carbonyl (C=O) groups is 1. The summed E-state index contributed by atoms with van der Waals surface area (Å²) >= 11 is 0. The monoisotopic (exact) mass is 310 g/mol. The number of hydrogen-bond acceptors (Lipinski definition) is 4. The first-order valence-corrected chi connectivity index (χ1v) is 8.76. The van der Waals surface area contributed by atoms with Crippen LogP contribution < -0.4 is 5.73 Å². The SMILES string of the molecule is CC(C)S(=O)(=O)c1ccc(C(=O)N2CCCC(N)C2)cc1. The molecule has 1 atom stereocenters. The van der Waals surface area contributed by atoms with E-state index in [1.165, 1.54) is 12.1 Å². The summed E-state index contributed by atoms with van der Waals surface area (Å²) in [6, 6.07) is 6.21. The van der Waals surface area contributed by atoms with Gasteiger partial charge in [-0.15, -0.1) is 0 Å². The first-order chi connectivity index (χ1) is 9.82. The topological polar surface area (TPSA) is 80.5 Å². The Hall–Kier alpha value is -1.40. The molecule has 1 saturated heterocycles. The fourth-order valence-corrected chi connectivity index (χ4v) is 3.50. The zero-order chi connectivity index (χ0) is 15.6. The third-order valence-electron chi connectivity index (χ3n) is 3.80. The Kier molecular flexibility index (Phi) is 4.68. The minimum absolute atomic E-state index is 0.0308. The van der Waals surface area contributed by atoms with E-state index < -0.39 is 15.1 Å². The maximum absolute atomic E-state index is 12.4. The summed E-state index contributed by atoms with van der Waals surface area (Å²) in [7, 11) is -3.30. The number of hydrogen-bond donors (Lipinski definition) is 1. The van der Waals surface area contributed by atoms with Crippen molar-refractivity contribution in [3.8, 4) is 0 Å². The standard InChI is InChI=1S/C15H22N2O3S/c1-11(2)21(19,20)14-7-5-12(6-8-14)15(18)17-9-3-4-13(16)10-17/h5-8,11,13H,3-4,9-10,16H2,1-2H3. The maximum Gasteiger partial charge on any atom is 0.253 e. The molecule has 1 unspecified atom stereocenters. The van der Waals surface area contributed by atoms with Gasteiger partial charge in [0.25, 0.3) is 5.91 Å². The second kappa shape index (κ2) is 6.15. The highest BCUT2D eigenvalue weighted by Gasteiger charge is 2.23. The van der Waals surface area contributed by atoms with Gasteiger partial charge in [0.1, 0.15) is 0 Å². The molecule has 5 nitrogen and oxygen atoms in total. The van der Waals surface area contributed by atoms with Gasteiger partial charge in [-0.3, -0.25) is 4.79 Å². The van der Waals surface area contributed by atoms with E-state index in [0.717, 1.165) is 12.8 Å². The van der Waals surface area contributed by atoms with Gasteiger partial charge in [0.2, 0.25) is 0 Å². The van der Waals surface area contributed by atoms with Gasteiger partial charge in [0.15, 0.2) is 9.84 Å². The highest BCUT2D eigenvalue weighted by Crippen LogP contribution is 2.18. The van der Waals surface area contributed by atoms with Gasteiger partial charge in [0, 0.05) is 24.7 Å². The first-order valence-electron chi connectivity index (χ1n) is 7.21. The van der Waals surface area contributed by atoms with Gasteiger partial charge in [-0.05, 0) is 51.0 Å². The number of sulfone groups is 1. The Labute approximate surface area is 126 Å². The van der Waals surface area contributed by atoms with E-state index in [-0.39, 0.29) is 16.8 Å². The number of amides is 1. The number of piperidine rings is 1. The minimum atomic E-state index is -3.30. The van der Waals surface area contributed by atoms with Crippen LogP contribution in [0, 0.1) is 0 Å². The largest absolute Gasteiger partial charge is 0.337 e. The minimum Gasteiger partial charge on any atom is -0.337 e. The molecule has 21 heavy (non-hydrogen) atoms. The number of benzene rings is 1.